The van der Waals surface area contributed by atoms with Crippen LogP contribution in [0.4, 0.5) is 0 Å². The Morgan fingerprint density at radius 1 is 1.07 bits per heavy atom. The van der Waals surface area contributed by atoms with Crippen molar-refractivity contribution in [1.82, 2.24) is 24.7 Å². The fraction of sp³-hybridized carbons (Fsp3) is 0.545. The summed E-state index contributed by atoms with van der Waals surface area (Å²) < 4.78 is 12.8. The summed E-state index contributed by atoms with van der Waals surface area (Å²) in [6.07, 6.45) is 4.63. The molecule has 8 nitrogen and oxygen atoms in total. The number of imidazole rings is 1. The van der Waals surface area contributed by atoms with E-state index in [0.717, 1.165) is 57.1 Å². The third-order valence-electron chi connectivity index (χ3n) is 5.60. The van der Waals surface area contributed by atoms with E-state index in [-0.39, 0.29) is 5.91 Å². The summed E-state index contributed by atoms with van der Waals surface area (Å²) in [5, 5.41) is 3.03. The van der Waals surface area contributed by atoms with E-state index in [1.54, 1.807) is 14.2 Å². The largest absolute Gasteiger partial charge is 0.493 e. The third kappa shape index (κ3) is 6.21. The standard InChI is InChI=1S/C22H33N5O3/c1-18-23-8-9-27(18)15-14-25-10-12-26(13-11-25)17-22(28)24-7-6-19-4-5-20(29-2)21(16-19)30-3/h4-5,8-9,16H,6-7,10-15,17H2,1-3H3,(H,24,28). The number of amides is 1. The zero-order valence-corrected chi connectivity index (χ0v) is 18.3. The van der Waals surface area contributed by atoms with Crippen LogP contribution in [-0.4, -0.2) is 85.3 Å². The SMILES string of the molecule is COc1ccc(CCNC(=O)CN2CCN(CCn3ccnc3C)CC2)cc1OC. The fourth-order valence-corrected chi connectivity index (χ4v) is 3.70. The second-order valence-corrected chi connectivity index (χ2v) is 7.57. The number of carbonyl (C=O) groups is 1. The van der Waals surface area contributed by atoms with Crippen LogP contribution in [0.25, 0.3) is 0 Å². The Morgan fingerprint density at radius 3 is 2.47 bits per heavy atom. The number of nitrogens with one attached hydrogen (secondary N) is 1. The molecule has 1 fully saturated rings. The number of rotatable bonds is 10. The monoisotopic (exact) mass is 415 g/mol. The Morgan fingerprint density at radius 2 is 1.80 bits per heavy atom. The van der Waals surface area contributed by atoms with Gasteiger partial charge >= 0.3 is 0 Å². The van der Waals surface area contributed by atoms with E-state index in [1.165, 1.54) is 0 Å². The van der Waals surface area contributed by atoms with Crippen molar-refractivity contribution < 1.29 is 14.3 Å². The molecule has 1 amide bonds. The van der Waals surface area contributed by atoms with Gasteiger partial charge in [0, 0.05) is 58.2 Å². The van der Waals surface area contributed by atoms with Crippen LogP contribution in [0.1, 0.15) is 11.4 Å². The molecule has 0 unspecified atom stereocenters. The predicted molar refractivity (Wildman–Crippen MR) is 116 cm³/mol. The maximum absolute atomic E-state index is 12.3. The number of ether oxygens (including phenoxy) is 2. The molecule has 0 spiro atoms. The topological polar surface area (TPSA) is 71.9 Å². The molecule has 0 saturated carbocycles. The van der Waals surface area contributed by atoms with Crippen molar-refractivity contribution in [1.29, 1.82) is 0 Å². The number of aromatic nitrogens is 2. The first-order chi connectivity index (χ1) is 14.6. The van der Waals surface area contributed by atoms with Gasteiger partial charge in [-0.3, -0.25) is 14.6 Å². The molecule has 164 valence electrons. The van der Waals surface area contributed by atoms with Crippen molar-refractivity contribution in [3.05, 3.63) is 42.0 Å². The van der Waals surface area contributed by atoms with E-state index in [9.17, 15) is 4.79 Å². The number of hydrogen-bond donors (Lipinski definition) is 1. The molecule has 1 aromatic carbocycles. The Bertz CT molecular complexity index is 815. The zero-order chi connectivity index (χ0) is 21.3. The van der Waals surface area contributed by atoms with Gasteiger partial charge in [0.15, 0.2) is 11.5 Å². The molecule has 30 heavy (non-hydrogen) atoms. The van der Waals surface area contributed by atoms with Crippen molar-refractivity contribution >= 4 is 5.91 Å². The lowest BCUT2D eigenvalue weighted by atomic mass is 10.1. The van der Waals surface area contributed by atoms with Crippen LogP contribution >= 0.6 is 0 Å². The van der Waals surface area contributed by atoms with Crippen LogP contribution in [0, 0.1) is 6.92 Å². The fourth-order valence-electron chi connectivity index (χ4n) is 3.70. The van der Waals surface area contributed by atoms with Gasteiger partial charge in [-0.25, -0.2) is 4.98 Å². The van der Waals surface area contributed by atoms with Crippen LogP contribution in [-0.2, 0) is 17.8 Å². The van der Waals surface area contributed by atoms with Gasteiger partial charge in [0.05, 0.1) is 20.8 Å². The highest BCUT2D eigenvalue weighted by Crippen LogP contribution is 2.27. The number of benzene rings is 1. The Hall–Kier alpha value is -2.58. The first-order valence-corrected chi connectivity index (χ1v) is 10.5. The summed E-state index contributed by atoms with van der Waals surface area (Å²) in [4.78, 5) is 21.2. The van der Waals surface area contributed by atoms with Gasteiger partial charge in [0.1, 0.15) is 5.82 Å². The molecule has 1 aromatic heterocycles. The molecule has 1 aliphatic heterocycles. The van der Waals surface area contributed by atoms with E-state index in [1.807, 2.05) is 37.5 Å². The van der Waals surface area contributed by atoms with Crippen molar-refractivity contribution in [2.24, 2.45) is 0 Å². The number of hydrogen-bond acceptors (Lipinski definition) is 6. The smallest absolute Gasteiger partial charge is 0.234 e. The highest BCUT2D eigenvalue weighted by Gasteiger charge is 2.18. The van der Waals surface area contributed by atoms with Crippen molar-refractivity contribution in [3.63, 3.8) is 0 Å². The van der Waals surface area contributed by atoms with Gasteiger partial charge in [0.2, 0.25) is 5.91 Å². The molecule has 0 radical (unpaired) electrons. The lowest BCUT2D eigenvalue weighted by Gasteiger charge is -2.34. The Labute approximate surface area is 178 Å². The molecule has 0 aliphatic carbocycles. The van der Waals surface area contributed by atoms with Crippen molar-refractivity contribution in [2.45, 2.75) is 19.9 Å². The molecule has 0 atom stereocenters. The second kappa shape index (κ2) is 11.0. The van der Waals surface area contributed by atoms with Crippen LogP contribution in [0.5, 0.6) is 11.5 Å². The van der Waals surface area contributed by atoms with E-state index in [0.29, 0.717) is 24.6 Å². The minimum Gasteiger partial charge on any atom is -0.493 e. The van der Waals surface area contributed by atoms with E-state index < -0.39 is 0 Å². The number of methoxy groups -OCH3 is 2. The summed E-state index contributed by atoms with van der Waals surface area (Å²) >= 11 is 0. The maximum atomic E-state index is 12.3. The molecule has 8 heteroatoms. The van der Waals surface area contributed by atoms with Crippen LogP contribution in [0.15, 0.2) is 30.6 Å². The lowest BCUT2D eigenvalue weighted by Crippen LogP contribution is -2.50. The van der Waals surface area contributed by atoms with Gasteiger partial charge in [-0.2, -0.15) is 0 Å². The Balaban J connectivity index is 1.32. The van der Waals surface area contributed by atoms with Gasteiger partial charge in [0.25, 0.3) is 0 Å². The average molecular weight is 416 g/mol. The molecule has 3 rings (SSSR count). The lowest BCUT2D eigenvalue weighted by molar-refractivity contribution is -0.122. The molecule has 2 aromatic rings. The number of carbonyl (C=O) groups excluding carboxylic acids is 1. The third-order valence-corrected chi connectivity index (χ3v) is 5.60. The predicted octanol–water partition coefficient (Wildman–Crippen LogP) is 1.19. The summed E-state index contributed by atoms with van der Waals surface area (Å²) in [7, 11) is 3.25. The maximum Gasteiger partial charge on any atom is 0.234 e. The Kier molecular flexibility index (Phi) is 8.10. The van der Waals surface area contributed by atoms with Crippen LogP contribution in [0.3, 0.4) is 0 Å². The highest BCUT2D eigenvalue weighted by atomic mass is 16.5. The average Bonchev–Trinajstić information content (AvgIpc) is 3.17. The van der Waals surface area contributed by atoms with Crippen LogP contribution < -0.4 is 14.8 Å². The molecule has 1 N–H and O–H groups in total. The molecule has 1 aliphatic rings. The minimum atomic E-state index is 0.0815. The highest BCUT2D eigenvalue weighted by molar-refractivity contribution is 5.78. The van der Waals surface area contributed by atoms with Crippen molar-refractivity contribution in [2.75, 3.05) is 60.0 Å². The number of aryl methyl sites for hydroxylation is 1. The summed E-state index contributed by atoms with van der Waals surface area (Å²) in [5.41, 5.74) is 1.11. The van der Waals surface area contributed by atoms with Gasteiger partial charge in [-0.1, -0.05) is 6.07 Å². The van der Waals surface area contributed by atoms with E-state index >= 15 is 0 Å². The van der Waals surface area contributed by atoms with Gasteiger partial charge < -0.3 is 19.4 Å². The second-order valence-electron chi connectivity index (χ2n) is 7.57. The molecule has 2 heterocycles. The van der Waals surface area contributed by atoms with Crippen molar-refractivity contribution in [3.8, 4) is 11.5 Å². The van der Waals surface area contributed by atoms with E-state index in [2.05, 4.69) is 24.7 Å². The van der Waals surface area contributed by atoms with E-state index in [4.69, 9.17) is 9.47 Å². The molecular weight excluding hydrogens is 382 g/mol. The number of piperazine rings is 1. The quantitative estimate of drug-likeness (QED) is 0.629. The molecule has 1 saturated heterocycles. The normalized spacial score (nSPS) is 15.2. The molecular formula is C22H33N5O3. The zero-order valence-electron chi connectivity index (χ0n) is 18.3. The first-order valence-electron chi connectivity index (χ1n) is 10.5. The van der Waals surface area contributed by atoms with Gasteiger partial charge in [-0.05, 0) is 31.0 Å². The number of nitrogens with zero attached hydrogens (tertiary/aromatic N) is 4. The summed E-state index contributed by atoms with van der Waals surface area (Å²) in [6.45, 7) is 8.91. The first kappa shape index (κ1) is 22.1. The van der Waals surface area contributed by atoms with Gasteiger partial charge in [-0.15, -0.1) is 0 Å². The summed E-state index contributed by atoms with van der Waals surface area (Å²) in [5.74, 6) is 2.56. The molecule has 0 bridgehead atoms. The summed E-state index contributed by atoms with van der Waals surface area (Å²) in [6, 6.07) is 5.84. The van der Waals surface area contributed by atoms with Crippen LogP contribution in [0.2, 0.25) is 0 Å². The minimum absolute atomic E-state index is 0.0815.